The Morgan fingerprint density at radius 1 is 0.944 bits per heavy atom. The number of hydrogen-bond donors (Lipinski definition) is 1. The summed E-state index contributed by atoms with van der Waals surface area (Å²) in [4.78, 5) is 0. The quantitative estimate of drug-likeness (QED) is 0.625. The van der Waals surface area contributed by atoms with Gasteiger partial charge in [-0.3, -0.25) is 0 Å². The van der Waals surface area contributed by atoms with Crippen LogP contribution in [0.1, 0.15) is 43.8 Å². The van der Waals surface area contributed by atoms with E-state index in [0.717, 1.165) is 31.7 Å². The molecule has 4 heteroatoms. The molecule has 1 N–H and O–H groups in total. The van der Waals surface area contributed by atoms with E-state index in [1.807, 2.05) is 6.08 Å². The molecule has 0 amide bonds. The summed E-state index contributed by atoms with van der Waals surface area (Å²) >= 11 is 0. The third-order valence-electron chi connectivity index (χ3n) is 3.26. The van der Waals surface area contributed by atoms with E-state index in [1.54, 1.807) is 0 Å². The lowest BCUT2D eigenvalue weighted by molar-refractivity contribution is 0.204. The highest BCUT2D eigenvalue weighted by molar-refractivity contribution is 5.29. The van der Waals surface area contributed by atoms with Gasteiger partial charge in [-0.2, -0.15) is 0 Å². The average molecular weight is 256 g/mol. The van der Waals surface area contributed by atoms with E-state index in [0.29, 0.717) is 18.1 Å². The summed E-state index contributed by atoms with van der Waals surface area (Å²) in [5.41, 5.74) is 0.499. The van der Waals surface area contributed by atoms with Crippen LogP contribution in [0.4, 0.5) is 13.2 Å². The fourth-order valence-corrected chi connectivity index (χ4v) is 2.24. The Bertz CT molecular complexity index is 468. The molecular formula is C14H15F3O. The van der Waals surface area contributed by atoms with Crippen LogP contribution in [0.2, 0.25) is 0 Å². The van der Waals surface area contributed by atoms with Gasteiger partial charge in [0.05, 0.1) is 0 Å². The number of allylic oxidation sites excluding steroid dienone is 1. The minimum atomic E-state index is -1.24. The van der Waals surface area contributed by atoms with Crippen LogP contribution in [0, 0.1) is 17.5 Å². The van der Waals surface area contributed by atoms with E-state index in [2.05, 4.69) is 0 Å². The molecule has 2 rings (SSSR count). The molecule has 18 heavy (non-hydrogen) atoms. The van der Waals surface area contributed by atoms with Crippen LogP contribution >= 0.6 is 0 Å². The highest BCUT2D eigenvalue weighted by atomic mass is 19.2. The van der Waals surface area contributed by atoms with Crippen molar-refractivity contribution in [2.75, 3.05) is 0 Å². The predicted octanol–water partition coefficient (Wildman–Crippen LogP) is 4.03. The molecule has 1 aromatic carbocycles. The Morgan fingerprint density at radius 3 is 2.44 bits per heavy atom. The van der Waals surface area contributed by atoms with Gasteiger partial charge in [-0.05, 0) is 37.3 Å². The maximum absolute atomic E-state index is 13.5. The fraction of sp³-hybridized carbons (Fsp3) is 0.429. The van der Waals surface area contributed by atoms with Gasteiger partial charge < -0.3 is 5.11 Å². The summed E-state index contributed by atoms with van der Waals surface area (Å²) in [7, 11) is 0. The second-order valence-corrected chi connectivity index (χ2v) is 4.57. The first-order valence-electron chi connectivity index (χ1n) is 6.11. The first kappa shape index (κ1) is 13.1. The topological polar surface area (TPSA) is 20.2 Å². The van der Waals surface area contributed by atoms with Gasteiger partial charge in [0.2, 0.25) is 0 Å². The van der Waals surface area contributed by atoms with Crippen molar-refractivity contribution in [3.05, 3.63) is 46.8 Å². The van der Waals surface area contributed by atoms with Crippen molar-refractivity contribution in [1.29, 1.82) is 0 Å². The van der Waals surface area contributed by atoms with Crippen LogP contribution in [0.25, 0.3) is 0 Å². The number of hydrogen-bond acceptors (Lipinski definition) is 1. The van der Waals surface area contributed by atoms with Gasteiger partial charge in [0.15, 0.2) is 11.6 Å². The second kappa shape index (κ2) is 5.57. The maximum Gasteiger partial charge on any atom is 0.161 e. The molecule has 0 aliphatic heterocycles. The number of halogens is 3. The molecule has 1 aliphatic carbocycles. The molecule has 1 atom stereocenters. The molecule has 1 aromatic rings. The van der Waals surface area contributed by atoms with E-state index in [-0.39, 0.29) is 5.56 Å². The molecule has 0 spiro atoms. The molecule has 0 radical (unpaired) electrons. The Hall–Kier alpha value is -1.29. The molecule has 0 aromatic heterocycles. The number of aliphatic hydroxyl groups excluding tert-OH is 1. The molecular weight excluding hydrogens is 241 g/mol. The summed E-state index contributed by atoms with van der Waals surface area (Å²) in [5, 5.41) is 10.1. The third-order valence-corrected chi connectivity index (χ3v) is 3.26. The van der Waals surface area contributed by atoms with Crippen molar-refractivity contribution in [2.45, 2.75) is 38.2 Å². The maximum atomic E-state index is 13.5. The van der Waals surface area contributed by atoms with Crippen molar-refractivity contribution >= 4 is 0 Å². The van der Waals surface area contributed by atoms with Crippen molar-refractivity contribution in [2.24, 2.45) is 0 Å². The first-order valence-corrected chi connectivity index (χ1v) is 6.11. The van der Waals surface area contributed by atoms with Gasteiger partial charge >= 0.3 is 0 Å². The van der Waals surface area contributed by atoms with Crippen molar-refractivity contribution in [3.8, 4) is 0 Å². The fourth-order valence-electron chi connectivity index (χ4n) is 2.24. The Balaban J connectivity index is 2.30. The smallest absolute Gasteiger partial charge is 0.161 e. The van der Waals surface area contributed by atoms with Crippen LogP contribution in [-0.4, -0.2) is 5.11 Å². The Labute approximate surface area is 104 Å². The minimum absolute atomic E-state index is 0.193. The molecule has 0 heterocycles. The lowest BCUT2D eigenvalue weighted by Gasteiger charge is -2.15. The third kappa shape index (κ3) is 2.75. The number of benzene rings is 1. The van der Waals surface area contributed by atoms with Crippen molar-refractivity contribution in [3.63, 3.8) is 0 Å². The van der Waals surface area contributed by atoms with Crippen molar-refractivity contribution < 1.29 is 18.3 Å². The van der Waals surface area contributed by atoms with Crippen LogP contribution in [0.3, 0.4) is 0 Å². The van der Waals surface area contributed by atoms with E-state index >= 15 is 0 Å². The van der Waals surface area contributed by atoms with Gasteiger partial charge in [0, 0.05) is 11.6 Å². The summed E-state index contributed by atoms with van der Waals surface area (Å²) in [6, 6.07) is 1.21. The largest absolute Gasteiger partial charge is 0.384 e. The van der Waals surface area contributed by atoms with E-state index in [1.165, 1.54) is 0 Å². The second-order valence-electron chi connectivity index (χ2n) is 4.57. The van der Waals surface area contributed by atoms with Crippen LogP contribution in [0.15, 0.2) is 23.8 Å². The molecule has 98 valence electrons. The van der Waals surface area contributed by atoms with Gasteiger partial charge in [0.1, 0.15) is 11.9 Å². The zero-order chi connectivity index (χ0) is 13.1. The Morgan fingerprint density at radius 2 is 1.67 bits per heavy atom. The molecule has 0 fully saturated rings. The van der Waals surface area contributed by atoms with Gasteiger partial charge in [-0.25, -0.2) is 13.2 Å². The lowest BCUT2D eigenvalue weighted by atomic mass is 9.97. The molecule has 0 saturated heterocycles. The molecule has 1 unspecified atom stereocenters. The van der Waals surface area contributed by atoms with Crippen LogP contribution < -0.4 is 0 Å². The zero-order valence-corrected chi connectivity index (χ0v) is 9.93. The average Bonchev–Trinajstić information content (AvgIpc) is 2.61. The summed E-state index contributed by atoms with van der Waals surface area (Å²) in [6.45, 7) is 0. The lowest BCUT2D eigenvalue weighted by Crippen LogP contribution is -2.06. The number of rotatable bonds is 2. The van der Waals surface area contributed by atoms with Crippen LogP contribution in [-0.2, 0) is 0 Å². The first-order chi connectivity index (χ1) is 8.59. The number of aliphatic hydroxyl groups is 1. The zero-order valence-electron chi connectivity index (χ0n) is 9.93. The molecule has 0 saturated carbocycles. The van der Waals surface area contributed by atoms with Gasteiger partial charge in [0.25, 0.3) is 0 Å². The van der Waals surface area contributed by atoms with E-state index in [9.17, 15) is 18.3 Å². The SMILES string of the molecule is OC(C1=CCCCCC1)c1cc(F)c(F)cc1F. The minimum Gasteiger partial charge on any atom is -0.384 e. The molecule has 1 nitrogen and oxygen atoms in total. The van der Waals surface area contributed by atoms with E-state index in [4.69, 9.17) is 0 Å². The van der Waals surface area contributed by atoms with Crippen molar-refractivity contribution in [1.82, 2.24) is 0 Å². The van der Waals surface area contributed by atoms with Crippen LogP contribution in [0.5, 0.6) is 0 Å². The Kier molecular flexibility index (Phi) is 4.07. The molecule has 1 aliphatic rings. The standard InChI is InChI=1S/C14H15F3O/c15-11-8-13(17)12(16)7-10(11)14(18)9-5-3-1-2-4-6-9/h5,7-8,14,18H,1-4,6H2. The monoisotopic (exact) mass is 256 g/mol. The normalized spacial score (nSPS) is 18.1. The van der Waals surface area contributed by atoms with Gasteiger partial charge in [-0.1, -0.05) is 12.5 Å². The highest BCUT2D eigenvalue weighted by Crippen LogP contribution is 2.31. The highest BCUT2D eigenvalue weighted by Gasteiger charge is 2.20. The predicted molar refractivity (Wildman–Crippen MR) is 62.4 cm³/mol. The van der Waals surface area contributed by atoms with E-state index < -0.39 is 23.6 Å². The summed E-state index contributed by atoms with van der Waals surface area (Å²) < 4.78 is 39.5. The van der Waals surface area contributed by atoms with Gasteiger partial charge in [-0.15, -0.1) is 0 Å². The summed E-state index contributed by atoms with van der Waals surface area (Å²) in [6.07, 6.45) is 5.21. The summed E-state index contributed by atoms with van der Waals surface area (Å²) in [5.74, 6) is -3.29. The molecule has 0 bridgehead atoms.